The highest BCUT2D eigenvalue weighted by atomic mass is 32.2. The first-order valence-electron chi connectivity index (χ1n) is 9.84. The first kappa shape index (κ1) is 22.0. The number of aryl methyl sites for hydroxylation is 3. The lowest BCUT2D eigenvalue weighted by Gasteiger charge is -2.16. The Labute approximate surface area is 179 Å². The molecule has 2 heterocycles. The molecule has 1 atom stereocenters. The maximum absolute atomic E-state index is 13.2. The Kier molecular flexibility index (Phi) is 5.78. The molecule has 6 nitrogen and oxygen atoms in total. The van der Waals surface area contributed by atoms with E-state index in [1.54, 1.807) is 11.6 Å². The minimum Gasteiger partial charge on any atom is -0.295 e. The predicted molar refractivity (Wildman–Crippen MR) is 125 cm³/mol. The molecule has 3 aromatic rings. The lowest BCUT2D eigenvalue weighted by Crippen LogP contribution is -2.22. The maximum atomic E-state index is 13.2. The maximum Gasteiger partial charge on any atom is 0.261 e. The summed E-state index contributed by atoms with van der Waals surface area (Å²) in [6.07, 6.45) is 0. The Morgan fingerprint density at radius 2 is 1.77 bits per heavy atom. The molecular formula is C23H28N4O2S. The van der Waals surface area contributed by atoms with Crippen LogP contribution in [-0.2, 0) is 18.0 Å². The van der Waals surface area contributed by atoms with Crippen molar-refractivity contribution in [3.63, 3.8) is 0 Å². The summed E-state index contributed by atoms with van der Waals surface area (Å²) in [6, 6.07) is 7.63. The average Bonchev–Trinajstić information content (AvgIpc) is 2.64. The second kappa shape index (κ2) is 7.87. The molecule has 0 aliphatic heterocycles. The summed E-state index contributed by atoms with van der Waals surface area (Å²) in [6.45, 7) is 13.2. The highest BCUT2D eigenvalue weighted by Gasteiger charge is 2.21. The van der Waals surface area contributed by atoms with Crippen LogP contribution in [0, 0.1) is 20.8 Å². The van der Waals surface area contributed by atoms with Gasteiger partial charge in [-0.15, -0.1) is 0 Å². The fourth-order valence-corrected chi connectivity index (χ4v) is 3.89. The van der Waals surface area contributed by atoms with E-state index in [0.29, 0.717) is 22.4 Å². The number of fused-ring (bicyclic) bond motifs is 1. The van der Waals surface area contributed by atoms with E-state index < -0.39 is 15.7 Å². The van der Waals surface area contributed by atoms with Gasteiger partial charge in [0.2, 0.25) is 0 Å². The van der Waals surface area contributed by atoms with Gasteiger partial charge in [0.1, 0.15) is 16.8 Å². The number of rotatable bonds is 3. The zero-order valence-electron chi connectivity index (χ0n) is 18.8. The summed E-state index contributed by atoms with van der Waals surface area (Å²) in [4.78, 5) is 22.6. The van der Waals surface area contributed by atoms with Gasteiger partial charge in [-0.25, -0.2) is 9.19 Å². The zero-order chi connectivity index (χ0) is 22.4. The van der Waals surface area contributed by atoms with Crippen molar-refractivity contribution < 1.29 is 4.21 Å². The van der Waals surface area contributed by atoms with Crippen molar-refractivity contribution in [1.82, 2.24) is 14.5 Å². The van der Waals surface area contributed by atoms with Gasteiger partial charge in [-0.3, -0.25) is 14.3 Å². The quantitative estimate of drug-likeness (QED) is 0.591. The topological polar surface area (TPSA) is 77.2 Å². The largest absolute Gasteiger partial charge is 0.295 e. The number of aromatic nitrogens is 3. The lowest BCUT2D eigenvalue weighted by atomic mass is 10.0. The number of nitrogens with zero attached hydrogens (tertiary/aromatic N) is 4. The van der Waals surface area contributed by atoms with E-state index in [1.165, 1.54) is 0 Å². The molecule has 2 aromatic heterocycles. The molecule has 0 radical (unpaired) electrons. The number of hydrogen-bond donors (Lipinski definition) is 0. The normalized spacial score (nSPS) is 13.7. The van der Waals surface area contributed by atoms with Crippen LogP contribution in [0.1, 0.15) is 50.2 Å². The van der Waals surface area contributed by atoms with Gasteiger partial charge in [0.05, 0.1) is 21.4 Å². The molecular weight excluding hydrogens is 396 g/mol. The second-order valence-electron chi connectivity index (χ2n) is 8.63. The molecule has 0 fully saturated rings. The third kappa shape index (κ3) is 4.12. The molecule has 1 aromatic carbocycles. The fraction of sp³-hybridized carbons (Fsp3) is 0.391. The molecule has 0 unspecified atom stereocenters. The fourth-order valence-electron chi connectivity index (χ4n) is 3.27. The van der Waals surface area contributed by atoms with Crippen molar-refractivity contribution in [3.05, 3.63) is 57.1 Å². The first-order chi connectivity index (χ1) is 13.9. The van der Waals surface area contributed by atoms with Gasteiger partial charge in [-0.05, 0) is 78.3 Å². The highest BCUT2D eigenvalue weighted by molar-refractivity contribution is 7.85. The summed E-state index contributed by atoms with van der Waals surface area (Å²) in [5, 5.41) is 0.519. The molecule has 158 valence electrons. The predicted octanol–water partition coefficient (Wildman–Crippen LogP) is 4.19. The summed E-state index contributed by atoms with van der Waals surface area (Å²) in [5.74, 6) is 0.548. The first-order valence-corrected chi connectivity index (χ1v) is 10.9. The Morgan fingerprint density at radius 3 is 2.37 bits per heavy atom. The lowest BCUT2D eigenvalue weighted by molar-refractivity contribution is 0.650. The molecule has 0 amide bonds. The van der Waals surface area contributed by atoms with Crippen LogP contribution >= 0.6 is 0 Å². The summed E-state index contributed by atoms with van der Waals surface area (Å²) in [7, 11) is 0.315. The van der Waals surface area contributed by atoms with E-state index in [0.717, 1.165) is 28.1 Å². The Hall–Kier alpha value is -2.67. The van der Waals surface area contributed by atoms with Gasteiger partial charge in [0.15, 0.2) is 0 Å². The minimum atomic E-state index is -1.41. The Bertz CT molecular complexity index is 1270. The van der Waals surface area contributed by atoms with E-state index in [-0.39, 0.29) is 5.56 Å². The smallest absolute Gasteiger partial charge is 0.261 e. The number of pyridine rings is 1. The van der Waals surface area contributed by atoms with Crippen molar-refractivity contribution in [2.24, 2.45) is 11.4 Å². The molecule has 30 heavy (non-hydrogen) atoms. The summed E-state index contributed by atoms with van der Waals surface area (Å²) in [5.41, 5.74) is 5.20. The van der Waals surface area contributed by atoms with E-state index in [4.69, 9.17) is 4.98 Å². The molecule has 0 aliphatic rings. The zero-order valence-corrected chi connectivity index (χ0v) is 19.6. The van der Waals surface area contributed by atoms with E-state index in [2.05, 4.69) is 9.38 Å². The van der Waals surface area contributed by atoms with Crippen LogP contribution in [0.25, 0.3) is 22.3 Å². The van der Waals surface area contributed by atoms with Gasteiger partial charge in [-0.2, -0.15) is 4.40 Å². The Balaban J connectivity index is 2.35. The molecule has 0 saturated carbocycles. The van der Waals surface area contributed by atoms with E-state index in [1.807, 2.05) is 72.7 Å². The van der Waals surface area contributed by atoms with Crippen LogP contribution in [-0.4, -0.2) is 29.2 Å². The third-order valence-corrected chi connectivity index (χ3v) is 6.41. The van der Waals surface area contributed by atoms with Crippen LogP contribution in [0.5, 0.6) is 0 Å². The van der Waals surface area contributed by atoms with Crippen LogP contribution in [0.4, 0.5) is 0 Å². The second-order valence-corrected chi connectivity index (χ2v) is 10.5. The molecule has 0 saturated heterocycles. The van der Waals surface area contributed by atoms with Crippen molar-refractivity contribution in [2.75, 3.05) is 0 Å². The van der Waals surface area contributed by atoms with Gasteiger partial charge < -0.3 is 0 Å². The SMILES string of the molecule is C/C(=N/[S@](=O)C(C)(C)C)c1cc(C)cc2c(=O)n(C)c(-c3ccc(C)nc3C)nc12. The Morgan fingerprint density at radius 1 is 1.10 bits per heavy atom. The molecule has 0 aliphatic carbocycles. The van der Waals surface area contributed by atoms with Crippen LogP contribution in [0.3, 0.4) is 0 Å². The van der Waals surface area contributed by atoms with Crippen LogP contribution in [0.15, 0.2) is 33.5 Å². The van der Waals surface area contributed by atoms with Crippen LogP contribution < -0.4 is 5.56 Å². The average molecular weight is 425 g/mol. The minimum absolute atomic E-state index is 0.135. The molecule has 0 spiro atoms. The number of benzene rings is 1. The number of hydrogen-bond acceptors (Lipinski definition) is 4. The van der Waals surface area contributed by atoms with Gasteiger partial charge >= 0.3 is 0 Å². The van der Waals surface area contributed by atoms with Crippen molar-refractivity contribution in [3.8, 4) is 11.4 Å². The van der Waals surface area contributed by atoms with Gasteiger partial charge in [0, 0.05) is 29.6 Å². The van der Waals surface area contributed by atoms with E-state index >= 15 is 0 Å². The van der Waals surface area contributed by atoms with Crippen LogP contribution in [0.2, 0.25) is 0 Å². The van der Waals surface area contributed by atoms with Crippen molar-refractivity contribution in [2.45, 2.75) is 53.2 Å². The molecule has 0 N–H and O–H groups in total. The van der Waals surface area contributed by atoms with Gasteiger partial charge in [-0.1, -0.05) is 0 Å². The summed E-state index contributed by atoms with van der Waals surface area (Å²) < 4.78 is 18.1. The van der Waals surface area contributed by atoms with Crippen molar-refractivity contribution in [1.29, 1.82) is 0 Å². The van der Waals surface area contributed by atoms with E-state index in [9.17, 15) is 9.00 Å². The monoisotopic (exact) mass is 424 g/mol. The standard InChI is InChI=1S/C23H28N4O2S/c1-13-11-18(16(4)26-30(29)23(5,6)7)20-19(12-13)22(28)27(8)21(25-20)17-10-9-14(2)24-15(17)3/h9-12H,1-8H3/b26-16-/t30-/m1/s1. The van der Waals surface area contributed by atoms with Crippen molar-refractivity contribution >= 4 is 27.6 Å². The molecule has 7 heteroatoms. The molecule has 3 rings (SSSR count). The summed E-state index contributed by atoms with van der Waals surface area (Å²) >= 11 is 0. The van der Waals surface area contributed by atoms with Gasteiger partial charge in [0.25, 0.3) is 5.56 Å². The third-order valence-electron chi connectivity index (χ3n) is 4.92. The molecule has 0 bridgehead atoms. The highest BCUT2D eigenvalue weighted by Crippen LogP contribution is 2.25.